The third kappa shape index (κ3) is 2.00. The molecular formula is C13H21N3. The van der Waals surface area contributed by atoms with Crippen molar-refractivity contribution in [3.8, 4) is 0 Å². The molecule has 0 aliphatic carbocycles. The lowest BCUT2D eigenvalue weighted by atomic mass is 9.96. The number of para-hydroxylation sites is 2. The summed E-state index contributed by atoms with van der Waals surface area (Å²) < 4.78 is 0. The van der Waals surface area contributed by atoms with E-state index >= 15 is 0 Å². The molecule has 2 rings (SSSR count). The molecule has 0 radical (unpaired) electrons. The Kier molecular flexibility index (Phi) is 3.06. The van der Waals surface area contributed by atoms with E-state index in [2.05, 4.69) is 48.3 Å². The Bertz CT molecular complexity index is 360. The van der Waals surface area contributed by atoms with Gasteiger partial charge < -0.3 is 16.0 Å². The maximum absolute atomic E-state index is 5.70. The molecule has 3 heteroatoms. The van der Waals surface area contributed by atoms with Crippen molar-refractivity contribution in [3.63, 3.8) is 0 Å². The van der Waals surface area contributed by atoms with Crippen LogP contribution in [0.4, 0.5) is 11.4 Å². The largest absolute Gasteiger partial charge is 0.382 e. The summed E-state index contributed by atoms with van der Waals surface area (Å²) >= 11 is 0. The lowest BCUT2D eigenvalue weighted by molar-refractivity contribution is 0.433. The fourth-order valence-electron chi connectivity index (χ4n) is 2.40. The molecule has 1 aromatic rings. The highest BCUT2D eigenvalue weighted by Gasteiger charge is 2.29. The van der Waals surface area contributed by atoms with Gasteiger partial charge in [-0.3, -0.25) is 0 Å². The maximum Gasteiger partial charge on any atom is 0.0607 e. The van der Waals surface area contributed by atoms with Crippen LogP contribution in [-0.2, 0) is 0 Å². The van der Waals surface area contributed by atoms with Crippen molar-refractivity contribution >= 4 is 11.4 Å². The van der Waals surface area contributed by atoms with E-state index in [1.165, 1.54) is 11.4 Å². The molecular weight excluding hydrogens is 198 g/mol. The highest BCUT2D eigenvalue weighted by Crippen LogP contribution is 2.34. The fraction of sp³-hybridized carbons (Fsp3) is 0.538. The molecule has 0 unspecified atom stereocenters. The molecule has 0 aromatic heterocycles. The number of nitrogens with one attached hydrogen (secondary N) is 1. The minimum absolute atomic E-state index is 0.132. The molecule has 3 nitrogen and oxygen atoms in total. The van der Waals surface area contributed by atoms with Gasteiger partial charge in [0, 0.05) is 18.6 Å². The van der Waals surface area contributed by atoms with Gasteiger partial charge >= 0.3 is 0 Å². The summed E-state index contributed by atoms with van der Waals surface area (Å²) in [6, 6.07) is 8.49. The van der Waals surface area contributed by atoms with E-state index < -0.39 is 0 Å². The Morgan fingerprint density at radius 2 is 2.12 bits per heavy atom. The minimum Gasteiger partial charge on any atom is -0.382 e. The standard InChI is InChI=1S/C13H21N3/c1-13(2,7-8-14)16-10-9-15-11-5-3-4-6-12(11)16/h3-6,15H,7-10,14H2,1-2H3. The number of rotatable bonds is 3. The summed E-state index contributed by atoms with van der Waals surface area (Å²) in [6.07, 6.45) is 1.02. The van der Waals surface area contributed by atoms with Gasteiger partial charge in [-0.1, -0.05) is 12.1 Å². The Hall–Kier alpha value is -1.22. The van der Waals surface area contributed by atoms with Gasteiger partial charge in [-0.15, -0.1) is 0 Å². The lowest BCUT2D eigenvalue weighted by Crippen LogP contribution is -2.49. The van der Waals surface area contributed by atoms with E-state index in [1.807, 2.05) is 0 Å². The van der Waals surface area contributed by atoms with Crippen LogP contribution in [0.1, 0.15) is 20.3 Å². The van der Waals surface area contributed by atoms with Crippen LogP contribution in [-0.4, -0.2) is 25.2 Å². The highest BCUT2D eigenvalue weighted by atomic mass is 15.2. The van der Waals surface area contributed by atoms with Gasteiger partial charge in [0.05, 0.1) is 11.4 Å². The van der Waals surface area contributed by atoms with Gasteiger partial charge in [-0.25, -0.2) is 0 Å². The fourth-order valence-corrected chi connectivity index (χ4v) is 2.40. The quantitative estimate of drug-likeness (QED) is 0.817. The predicted octanol–water partition coefficient (Wildman–Crippen LogP) is 2.05. The molecule has 0 fully saturated rings. The zero-order chi connectivity index (χ0) is 11.6. The van der Waals surface area contributed by atoms with Crippen LogP contribution in [0.2, 0.25) is 0 Å². The van der Waals surface area contributed by atoms with Gasteiger partial charge in [-0.2, -0.15) is 0 Å². The molecule has 88 valence electrons. The third-order valence-corrected chi connectivity index (χ3v) is 3.33. The highest BCUT2D eigenvalue weighted by molar-refractivity contribution is 5.72. The second-order valence-electron chi connectivity index (χ2n) is 4.95. The molecule has 0 amide bonds. The normalized spacial score (nSPS) is 15.6. The first-order valence-corrected chi connectivity index (χ1v) is 5.96. The van der Waals surface area contributed by atoms with E-state index in [-0.39, 0.29) is 5.54 Å². The van der Waals surface area contributed by atoms with Crippen LogP contribution in [0.25, 0.3) is 0 Å². The van der Waals surface area contributed by atoms with Gasteiger partial charge in [0.1, 0.15) is 0 Å². The summed E-state index contributed by atoms with van der Waals surface area (Å²) in [4.78, 5) is 2.46. The molecule has 0 saturated heterocycles. The number of hydrogen-bond acceptors (Lipinski definition) is 3. The van der Waals surface area contributed by atoms with E-state index in [9.17, 15) is 0 Å². The monoisotopic (exact) mass is 219 g/mol. The maximum atomic E-state index is 5.70. The topological polar surface area (TPSA) is 41.3 Å². The molecule has 0 atom stereocenters. The minimum atomic E-state index is 0.132. The zero-order valence-corrected chi connectivity index (χ0v) is 10.2. The number of nitrogens with zero attached hydrogens (tertiary/aromatic N) is 1. The van der Waals surface area contributed by atoms with Gasteiger partial charge in [0.15, 0.2) is 0 Å². The van der Waals surface area contributed by atoms with Crippen molar-refractivity contribution in [2.24, 2.45) is 5.73 Å². The van der Waals surface area contributed by atoms with Crippen LogP contribution < -0.4 is 16.0 Å². The molecule has 3 N–H and O–H groups in total. The molecule has 1 heterocycles. The summed E-state index contributed by atoms with van der Waals surface area (Å²) in [5, 5.41) is 3.43. The van der Waals surface area contributed by atoms with Crippen molar-refractivity contribution in [2.75, 3.05) is 29.9 Å². The number of fused-ring (bicyclic) bond motifs is 1. The molecule has 1 aliphatic rings. The Morgan fingerprint density at radius 3 is 2.88 bits per heavy atom. The Morgan fingerprint density at radius 1 is 1.38 bits per heavy atom. The summed E-state index contributed by atoms with van der Waals surface area (Å²) in [7, 11) is 0. The lowest BCUT2D eigenvalue weighted by Gasteiger charge is -2.44. The average Bonchev–Trinajstić information content (AvgIpc) is 2.28. The summed E-state index contributed by atoms with van der Waals surface area (Å²) in [5.41, 5.74) is 8.36. The molecule has 0 bridgehead atoms. The number of nitrogens with two attached hydrogens (primary N) is 1. The first-order valence-electron chi connectivity index (χ1n) is 5.96. The van der Waals surface area contributed by atoms with Crippen molar-refractivity contribution in [3.05, 3.63) is 24.3 Å². The van der Waals surface area contributed by atoms with E-state index in [0.717, 1.165) is 26.1 Å². The smallest absolute Gasteiger partial charge is 0.0607 e. The van der Waals surface area contributed by atoms with Crippen LogP contribution in [0.15, 0.2) is 24.3 Å². The molecule has 16 heavy (non-hydrogen) atoms. The van der Waals surface area contributed by atoms with Crippen LogP contribution in [0.5, 0.6) is 0 Å². The first-order chi connectivity index (χ1) is 7.65. The van der Waals surface area contributed by atoms with Crippen molar-refractivity contribution in [1.82, 2.24) is 0 Å². The van der Waals surface area contributed by atoms with E-state index in [4.69, 9.17) is 5.73 Å². The first kappa shape index (κ1) is 11.3. The van der Waals surface area contributed by atoms with Gasteiger partial charge in [0.2, 0.25) is 0 Å². The number of benzene rings is 1. The second-order valence-corrected chi connectivity index (χ2v) is 4.95. The molecule has 1 aromatic carbocycles. The number of anilines is 2. The molecule has 0 saturated carbocycles. The SMILES string of the molecule is CC(C)(CCN)N1CCNc2ccccc21. The van der Waals surface area contributed by atoms with Crippen molar-refractivity contribution in [1.29, 1.82) is 0 Å². The zero-order valence-electron chi connectivity index (χ0n) is 10.2. The van der Waals surface area contributed by atoms with E-state index in [0.29, 0.717) is 0 Å². The Balaban J connectivity index is 2.31. The summed E-state index contributed by atoms with van der Waals surface area (Å²) in [6.45, 7) is 7.32. The summed E-state index contributed by atoms with van der Waals surface area (Å²) in [5.74, 6) is 0. The van der Waals surface area contributed by atoms with Gasteiger partial charge in [0.25, 0.3) is 0 Å². The van der Waals surface area contributed by atoms with Gasteiger partial charge in [-0.05, 0) is 38.9 Å². The number of hydrogen-bond donors (Lipinski definition) is 2. The van der Waals surface area contributed by atoms with Crippen LogP contribution >= 0.6 is 0 Å². The van der Waals surface area contributed by atoms with Crippen molar-refractivity contribution < 1.29 is 0 Å². The molecule has 0 spiro atoms. The second kappa shape index (κ2) is 4.34. The predicted molar refractivity (Wildman–Crippen MR) is 70.0 cm³/mol. The third-order valence-electron chi connectivity index (χ3n) is 3.33. The van der Waals surface area contributed by atoms with Crippen molar-refractivity contribution in [2.45, 2.75) is 25.8 Å². The molecule has 1 aliphatic heterocycles. The van der Waals surface area contributed by atoms with Crippen LogP contribution in [0, 0.1) is 0 Å². The van der Waals surface area contributed by atoms with E-state index in [1.54, 1.807) is 0 Å². The Labute approximate surface area is 97.6 Å². The average molecular weight is 219 g/mol. The van der Waals surface area contributed by atoms with Crippen LogP contribution in [0.3, 0.4) is 0 Å².